The molecule has 0 aromatic carbocycles. The van der Waals surface area contributed by atoms with Crippen LogP contribution >= 0.6 is 0 Å². The number of aromatic hydroxyl groups is 1. The molecule has 2 aromatic rings. The molecule has 0 radical (unpaired) electrons. The molecule has 102 valence electrons. The Morgan fingerprint density at radius 2 is 2.05 bits per heavy atom. The molecule has 0 fully saturated rings. The fourth-order valence-corrected chi connectivity index (χ4v) is 1.85. The van der Waals surface area contributed by atoms with Gasteiger partial charge in [0.25, 0.3) is 5.89 Å². The molecule has 1 atom stereocenters. The monoisotopic (exact) mass is 263 g/mol. The van der Waals surface area contributed by atoms with Gasteiger partial charge < -0.3 is 14.4 Å². The average Bonchev–Trinajstić information content (AvgIpc) is 2.77. The topological polar surface area (TPSA) is 81.3 Å². The van der Waals surface area contributed by atoms with Crippen molar-refractivity contribution in [3.8, 4) is 17.2 Å². The van der Waals surface area contributed by atoms with Crippen molar-refractivity contribution in [3.05, 3.63) is 24.3 Å². The summed E-state index contributed by atoms with van der Waals surface area (Å²) in [6.07, 6.45) is 2.62. The van der Waals surface area contributed by atoms with Crippen LogP contribution in [0.15, 0.2) is 23.0 Å². The minimum atomic E-state index is -0.268. The van der Waals surface area contributed by atoms with Crippen LogP contribution in [0.4, 0.5) is 0 Å². The zero-order valence-corrected chi connectivity index (χ0v) is 11.4. The Morgan fingerprint density at radius 1 is 1.32 bits per heavy atom. The van der Waals surface area contributed by atoms with Gasteiger partial charge in [0, 0.05) is 13.3 Å². The molecule has 0 aliphatic carbocycles. The van der Waals surface area contributed by atoms with Crippen LogP contribution in [0.2, 0.25) is 0 Å². The summed E-state index contributed by atoms with van der Waals surface area (Å²) in [6.45, 7) is 6.10. The average molecular weight is 263 g/mol. The van der Waals surface area contributed by atoms with E-state index in [1.54, 1.807) is 13.3 Å². The van der Waals surface area contributed by atoms with Crippen molar-refractivity contribution < 1.29 is 14.4 Å². The van der Waals surface area contributed by atoms with Gasteiger partial charge in [-0.15, -0.1) is 0 Å². The third kappa shape index (κ3) is 2.90. The Morgan fingerprint density at radius 3 is 2.63 bits per heavy atom. The summed E-state index contributed by atoms with van der Waals surface area (Å²) in [5, 5.41) is 13.3. The van der Waals surface area contributed by atoms with Gasteiger partial charge in [-0.05, 0) is 11.5 Å². The molecule has 19 heavy (non-hydrogen) atoms. The molecule has 2 rings (SSSR count). The SMILES string of the molecule is COC(c1noc(-c2cncc(O)c2)n1)C(C)(C)C. The van der Waals surface area contributed by atoms with Gasteiger partial charge in [-0.25, -0.2) is 0 Å². The van der Waals surface area contributed by atoms with E-state index in [2.05, 4.69) is 15.1 Å². The first kappa shape index (κ1) is 13.5. The Hall–Kier alpha value is -1.95. The highest BCUT2D eigenvalue weighted by Gasteiger charge is 2.30. The summed E-state index contributed by atoms with van der Waals surface area (Å²) < 4.78 is 10.6. The molecule has 0 amide bonds. The van der Waals surface area contributed by atoms with Crippen molar-refractivity contribution >= 4 is 0 Å². The molecule has 0 spiro atoms. The predicted molar refractivity (Wildman–Crippen MR) is 68.4 cm³/mol. The highest BCUT2D eigenvalue weighted by Crippen LogP contribution is 2.34. The van der Waals surface area contributed by atoms with Gasteiger partial charge in [0.1, 0.15) is 11.9 Å². The van der Waals surface area contributed by atoms with E-state index in [0.717, 1.165) is 0 Å². The number of ether oxygens (including phenoxy) is 1. The Labute approximate surface area is 111 Å². The second-order valence-electron chi connectivity index (χ2n) is 5.37. The first-order chi connectivity index (χ1) is 8.91. The lowest BCUT2D eigenvalue weighted by molar-refractivity contribution is 0.00718. The molecule has 0 bridgehead atoms. The van der Waals surface area contributed by atoms with Gasteiger partial charge in [-0.2, -0.15) is 4.98 Å². The molecular weight excluding hydrogens is 246 g/mol. The van der Waals surface area contributed by atoms with Crippen molar-refractivity contribution in [1.29, 1.82) is 0 Å². The van der Waals surface area contributed by atoms with Crippen LogP contribution in [0.25, 0.3) is 11.5 Å². The minimum Gasteiger partial charge on any atom is -0.506 e. The van der Waals surface area contributed by atoms with Crippen molar-refractivity contribution in [1.82, 2.24) is 15.1 Å². The van der Waals surface area contributed by atoms with Crippen LogP contribution in [0.1, 0.15) is 32.7 Å². The van der Waals surface area contributed by atoms with Crippen molar-refractivity contribution in [2.75, 3.05) is 7.11 Å². The molecule has 1 N–H and O–H groups in total. The molecule has 0 aliphatic rings. The number of aromatic nitrogens is 3. The second kappa shape index (κ2) is 4.97. The second-order valence-corrected chi connectivity index (χ2v) is 5.37. The van der Waals surface area contributed by atoms with E-state index in [4.69, 9.17) is 9.26 Å². The molecule has 2 heterocycles. The lowest BCUT2D eigenvalue weighted by Gasteiger charge is -2.26. The van der Waals surface area contributed by atoms with Crippen LogP contribution in [-0.2, 0) is 4.74 Å². The highest BCUT2D eigenvalue weighted by atomic mass is 16.5. The summed E-state index contributed by atoms with van der Waals surface area (Å²) in [7, 11) is 1.61. The van der Waals surface area contributed by atoms with Crippen molar-refractivity contribution in [2.24, 2.45) is 5.41 Å². The third-order valence-electron chi connectivity index (χ3n) is 2.67. The Kier molecular flexibility index (Phi) is 3.53. The summed E-state index contributed by atoms with van der Waals surface area (Å²) in [4.78, 5) is 8.18. The molecule has 1 unspecified atom stereocenters. The molecule has 6 nitrogen and oxygen atoms in total. The van der Waals surface area contributed by atoms with E-state index in [1.165, 1.54) is 12.3 Å². The third-order valence-corrected chi connectivity index (χ3v) is 2.67. The minimum absolute atomic E-state index is 0.0522. The molecule has 0 aliphatic heterocycles. The van der Waals surface area contributed by atoms with Crippen LogP contribution in [-0.4, -0.2) is 27.3 Å². The van der Waals surface area contributed by atoms with Gasteiger partial charge >= 0.3 is 0 Å². The first-order valence-electron chi connectivity index (χ1n) is 5.92. The normalized spacial score (nSPS) is 13.5. The largest absolute Gasteiger partial charge is 0.506 e. The summed E-state index contributed by atoms with van der Waals surface area (Å²) in [5.74, 6) is 0.842. The van der Waals surface area contributed by atoms with Gasteiger partial charge in [0.2, 0.25) is 5.82 Å². The van der Waals surface area contributed by atoms with Gasteiger partial charge in [0.15, 0.2) is 0 Å². The number of hydrogen-bond acceptors (Lipinski definition) is 6. The van der Waals surface area contributed by atoms with E-state index in [9.17, 15) is 5.11 Å². The molecular formula is C13H17N3O3. The highest BCUT2D eigenvalue weighted by molar-refractivity contribution is 5.53. The number of rotatable bonds is 3. The maximum Gasteiger partial charge on any atom is 0.259 e. The summed E-state index contributed by atoms with van der Waals surface area (Å²) >= 11 is 0. The standard InChI is InChI=1S/C13H17N3O3/c1-13(2,3)10(18-4)11-15-12(19-16-11)8-5-9(17)7-14-6-8/h5-7,10,17H,1-4H3. The van der Waals surface area contributed by atoms with Crippen LogP contribution in [0.3, 0.4) is 0 Å². The molecule has 2 aromatic heterocycles. The summed E-state index contributed by atoms with van der Waals surface area (Å²) in [5.41, 5.74) is 0.426. The Bertz CT molecular complexity index is 560. The maximum atomic E-state index is 9.39. The lowest BCUT2D eigenvalue weighted by atomic mass is 9.88. The van der Waals surface area contributed by atoms with Crippen molar-refractivity contribution in [3.63, 3.8) is 0 Å². The van der Waals surface area contributed by atoms with E-state index in [-0.39, 0.29) is 17.3 Å². The van der Waals surface area contributed by atoms with Crippen molar-refractivity contribution in [2.45, 2.75) is 26.9 Å². The zero-order valence-electron chi connectivity index (χ0n) is 11.4. The zero-order chi connectivity index (χ0) is 14.0. The van der Waals surface area contributed by atoms with Gasteiger partial charge in [-0.1, -0.05) is 25.9 Å². The lowest BCUT2D eigenvalue weighted by Crippen LogP contribution is -2.21. The Balaban J connectivity index is 2.33. The fraction of sp³-hybridized carbons (Fsp3) is 0.462. The van der Waals surface area contributed by atoms with Crippen LogP contribution in [0.5, 0.6) is 5.75 Å². The fourth-order valence-electron chi connectivity index (χ4n) is 1.85. The van der Waals surface area contributed by atoms with Crippen LogP contribution in [0, 0.1) is 5.41 Å². The maximum absolute atomic E-state index is 9.39. The van der Waals surface area contributed by atoms with E-state index in [0.29, 0.717) is 17.3 Å². The van der Waals surface area contributed by atoms with Gasteiger partial charge in [-0.3, -0.25) is 4.98 Å². The van der Waals surface area contributed by atoms with E-state index in [1.807, 2.05) is 20.8 Å². The smallest absolute Gasteiger partial charge is 0.259 e. The number of pyridine rings is 1. The number of nitrogens with zero attached hydrogens (tertiary/aromatic N) is 3. The number of hydrogen-bond donors (Lipinski definition) is 1. The van der Waals surface area contributed by atoms with Crippen LogP contribution < -0.4 is 0 Å². The molecule has 6 heteroatoms. The number of methoxy groups -OCH3 is 1. The summed E-state index contributed by atoms with van der Waals surface area (Å²) in [6, 6.07) is 1.52. The quantitative estimate of drug-likeness (QED) is 0.916. The predicted octanol–water partition coefficient (Wildman–Crippen LogP) is 2.57. The van der Waals surface area contributed by atoms with E-state index >= 15 is 0 Å². The molecule has 0 saturated carbocycles. The first-order valence-corrected chi connectivity index (χ1v) is 5.92. The van der Waals surface area contributed by atoms with Gasteiger partial charge in [0.05, 0.1) is 11.8 Å². The molecule has 0 saturated heterocycles. The van der Waals surface area contributed by atoms with E-state index < -0.39 is 0 Å².